The van der Waals surface area contributed by atoms with E-state index in [-0.39, 0.29) is 47.7 Å². The number of nitrogens with one attached hydrogen (secondary N) is 1. The van der Waals surface area contributed by atoms with E-state index >= 15 is 0 Å². The Labute approximate surface area is 222 Å². The maximum absolute atomic E-state index is 13.4. The van der Waals surface area contributed by atoms with E-state index in [0.717, 1.165) is 24.3 Å². The van der Waals surface area contributed by atoms with Crippen molar-refractivity contribution in [3.05, 3.63) is 29.8 Å². The van der Waals surface area contributed by atoms with Crippen LogP contribution in [0.3, 0.4) is 0 Å². The fourth-order valence-corrected chi connectivity index (χ4v) is 6.73. The molecule has 1 heterocycles. The van der Waals surface area contributed by atoms with Crippen molar-refractivity contribution in [3.8, 4) is 0 Å². The number of hydrogen-bond acceptors (Lipinski definition) is 5. The lowest BCUT2D eigenvalue weighted by molar-refractivity contribution is -0.137. The summed E-state index contributed by atoms with van der Waals surface area (Å²) in [5.41, 5.74) is -1.63. The molecule has 0 aromatic heterocycles. The second kappa shape index (κ2) is 11.0. The summed E-state index contributed by atoms with van der Waals surface area (Å²) in [6.45, 7) is 9.56. The van der Waals surface area contributed by atoms with E-state index in [0.29, 0.717) is 19.3 Å². The number of nitrogens with zero attached hydrogens (tertiary/aromatic N) is 2. The van der Waals surface area contributed by atoms with Gasteiger partial charge in [-0.25, -0.2) is 13.2 Å². The number of amides is 2. The Hall–Kier alpha value is -2.34. The van der Waals surface area contributed by atoms with Crippen molar-refractivity contribution in [2.75, 3.05) is 20.1 Å². The van der Waals surface area contributed by atoms with Gasteiger partial charge < -0.3 is 10.1 Å². The van der Waals surface area contributed by atoms with Gasteiger partial charge in [0.25, 0.3) is 0 Å². The molecule has 1 aliphatic heterocycles. The minimum atomic E-state index is -4.55. The lowest BCUT2D eigenvalue weighted by Gasteiger charge is -2.32. The highest BCUT2D eigenvalue weighted by Gasteiger charge is 2.47. The molecular weight excluding hydrogens is 523 g/mol. The molecule has 1 N–H and O–H groups in total. The molecule has 1 aromatic rings. The molecule has 8 nitrogen and oxygen atoms in total. The number of alkyl halides is 3. The number of ether oxygens (including phenoxy) is 1. The molecule has 2 amide bonds. The average molecular weight is 562 g/mol. The Morgan fingerprint density at radius 1 is 1.11 bits per heavy atom. The summed E-state index contributed by atoms with van der Waals surface area (Å²) < 4.78 is 71.7. The normalized spacial score (nSPS) is 23.3. The van der Waals surface area contributed by atoms with Crippen molar-refractivity contribution in [2.24, 2.45) is 17.8 Å². The third kappa shape index (κ3) is 6.99. The Morgan fingerprint density at radius 3 is 2.24 bits per heavy atom. The van der Waals surface area contributed by atoms with Crippen LogP contribution in [0.2, 0.25) is 0 Å². The summed E-state index contributed by atoms with van der Waals surface area (Å²) in [6.07, 6.45) is -3.33. The molecule has 0 radical (unpaired) electrons. The van der Waals surface area contributed by atoms with E-state index in [1.807, 2.05) is 13.8 Å². The van der Waals surface area contributed by atoms with Crippen LogP contribution in [0.25, 0.3) is 0 Å². The van der Waals surface area contributed by atoms with Gasteiger partial charge in [0.15, 0.2) is 0 Å². The zero-order valence-corrected chi connectivity index (χ0v) is 23.5. The first-order valence-electron chi connectivity index (χ1n) is 12.8. The number of carbonyl (C=O) groups excluding carboxylic acids is 2. The van der Waals surface area contributed by atoms with Crippen LogP contribution in [0.1, 0.15) is 59.4 Å². The quantitative estimate of drug-likeness (QED) is 0.529. The molecule has 3 rings (SSSR count). The van der Waals surface area contributed by atoms with Crippen molar-refractivity contribution in [3.63, 3.8) is 0 Å². The standard InChI is InChI=1S/C26H38F3N3O5S/c1-16(2)13-22(31(6)24(34)37-25(3,4)5)23(33)30-21-12-7-17-14-32(15-20(17)21)38(35,36)19-10-8-18(9-11-19)26(27,28)29/h8-11,16-17,20-22H,7,12-15H2,1-6H3,(H,30,33)/t17-,20+,21-,22?/m1/s1. The third-order valence-corrected chi connectivity index (χ3v) is 8.96. The van der Waals surface area contributed by atoms with Crippen molar-refractivity contribution >= 4 is 22.0 Å². The summed E-state index contributed by atoms with van der Waals surface area (Å²) >= 11 is 0. The van der Waals surface area contributed by atoms with Gasteiger partial charge in [-0.3, -0.25) is 9.69 Å². The van der Waals surface area contributed by atoms with E-state index in [4.69, 9.17) is 4.74 Å². The van der Waals surface area contributed by atoms with Crippen molar-refractivity contribution in [2.45, 2.75) is 82.6 Å². The van der Waals surface area contributed by atoms with Crippen LogP contribution in [0.5, 0.6) is 0 Å². The molecule has 1 saturated carbocycles. The molecule has 214 valence electrons. The number of carbonyl (C=O) groups is 2. The van der Waals surface area contributed by atoms with E-state index in [1.165, 1.54) is 16.3 Å². The average Bonchev–Trinajstić information content (AvgIpc) is 3.37. The van der Waals surface area contributed by atoms with Crippen LogP contribution in [0.15, 0.2) is 29.2 Å². The number of hydrogen-bond donors (Lipinski definition) is 1. The molecule has 2 fully saturated rings. The summed E-state index contributed by atoms with van der Waals surface area (Å²) in [5.74, 6) is -0.295. The number of sulfonamides is 1. The fourth-order valence-electron chi connectivity index (χ4n) is 5.19. The molecule has 0 spiro atoms. The first-order valence-corrected chi connectivity index (χ1v) is 14.3. The molecule has 38 heavy (non-hydrogen) atoms. The van der Waals surface area contributed by atoms with E-state index in [9.17, 15) is 31.2 Å². The zero-order valence-electron chi connectivity index (χ0n) is 22.7. The molecule has 1 saturated heterocycles. The molecule has 0 bridgehead atoms. The second-order valence-electron chi connectivity index (χ2n) is 11.7. The highest BCUT2D eigenvalue weighted by molar-refractivity contribution is 7.89. The van der Waals surface area contributed by atoms with Gasteiger partial charge in [0, 0.05) is 26.2 Å². The van der Waals surface area contributed by atoms with Crippen LogP contribution in [0, 0.1) is 17.8 Å². The number of fused-ring (bicyclic) bond motifs is 1. The first-order chi connectivity index (χ1) is 17.4. The third-order valence-electron chi connectivity index (χ3n) is 7.12. The van der Waals surface area contributed by atoms with Gasteiger partial charge in [0.1, 0.15) is 11.6 Å². The predicted octanol–water partition coefficient (Wildman–Crippen LogP) is 4.50. The number of benzene rings is 1. The Kier molecular flexibility index (Phi) is 8.77. The Bertz CT molecular complexity index is 1120. The number of likely N-dealkylation sites (N-methyl/N-ethyl adjacent to an activating group) is 1. The molecule has 1 unspecified atom stereocenters. The van der Waals surface area contributed by atoms with E-state index in [1.54, 1.807) is 20.8 Å². The van der Waals surface area contributed by atoms with Crippen molar-refractivity contribution < 1.29 is 35.9 Å². The lowest BCUT2D eigenvalue weighted by Crippen LogP contribution is -2.52. The molecular formula is C26H38F3N3O5S. The van der Waals surface area contributed by atoms with Gasteiger partial charge in [0.2, 0.25) is 15.9 Å². The van der Waals surface area contributed by atoms with E-state index < -0.39 is 39.5 Å². The van der Waals surface area contributed by atoms with Crippen LogP contribution >= 0.6 is 0 Å². The maximum Gasteiger partial charge on any atom is 0.416 e. The first kappa shape index (κ1) is 30.2. The minimum absolute atomic E-state index is 0.0247. The highest BCUT2D eigenvalue weighted by Crippen LogP contribution is 2.40. The molecule has 12 heteroatoms. The SMILES string of the molecule is CC(C)CC(C(=O)N[C@@H]1CC[C@@H]2CN(S(=O)(=O)c3ccc(C(F)(F)F)cc3)C[C@@H]21)N(C)C(=O)OC(C)(C)C. The van der Waals surface area contributed by atoms with Crippen molar-refractivity contribution in [1.82, 2.24) is 14.5 Å². The summed E-state index contributed by atoms with van der Waals surface area (Å²) in [6, 6.07) is 2.47. The number of rotatable bonds is 7. The number of halogens is 3. The molecule has 4 atom stereocenters. The Balaban J connectivity index is 1.70. The maximum atomic E-state index is 13.4. The largest absolute Gasteiger partial charge is 0.444 e. The van der Waals surface area contributed by atoms with Crippen LogP contribution < -0.4 is 5.32 Å². The molecule has 2 aliphatic rings. The highest BCUT2D eigenvalue weighted by atomic mass is 32.2. The van der Waals surface area contributed by atoms with Crippen LogP contribution in [-0.4, -0.2) is 67.4 Å². The fraction of sp³-hybridized carbons (Fsp3) is 0.692. The summed E-state index contributed by atoms with van der Waals surface area (Å²) in [5, 5.41) is 3.06. The smallest absolute Gasteiger partial charge is 0.416 e. The predicted molar refractivity (Wildman–Crippen MR) is 136 cm³/mol. The summed E-state index contributed by atoms with van der Waals surface area (Å²) in [7, 11) is -2.45. The topological polar surface area (TPSA) is 96.0 Å². The molecule has 1 aliphatic carbocycles. The van der Waals surface area contributed by atoms with Gasteiger partial charge in [-0.15, -0.1) is 0 Å². The second-order valence-corrected chi connectivity index (χ2v) is 13.6. The Morgan fingerprint density at radius 2 is 1.71 bits per heavy atom. The van der Waals surface area contributed by atoms with E-state index in [2.05, 4.69) is 5.32 Å². The monoisotopic (exact) mass is 561 g/mol. The zero-order chi connectivity index (χ0) is 28.6. The minimum Gasteiger partial charge on any atom is -0.444 e. The molecule has 1 aromatic carbocycles. The van der Waals surface area contributed by atoms with Gasteiger partial charge in [-0.2, -0.15) is 17.5 Å². The van der Waals surface area contributed by atoms with Gasteiger partial charge >= 0.3 is 12.3 Å². The van der Waals surface area contributed by atoms with Gasteiger partial charge in [0.05, 0.1) is 10.5 Å². The van der Waals surface area contributed by atoms with Crippen molar-refractivity contribution in [1.29, 1.82) is 0 Å². The van der Waals surface area contributed by atoms with Crippen LogP contribution in [0.4, 0.5) is 18.0 Å². The summed E-state index contributed by atoms with van der Waals surface area (Å²) in [4.78, 5) is 27.1. The van der Waals surface area contributed by atoms with Gasteiger partial charge in [-0.1, -0.05) is 13.8 Å². The lowest BCUT2D eigenvalue weighted by atomic mass is 9.96. The van der Waals surface area contributed by atoms with Crippen LogP contribution in [-0.2, 0) is 25.7 Å². The van der Waals surface area contributed by atoms with Gasteiger partial charge in [-0.05, 0) is 82.1 Å².